The van der Waals surface area contributed by atoms with E-state index in [0.717, 1.165) is 5.56 Å². The molecule has 0 fully saturated rings. The third-order valence-electron chi connectivity index (χ3n) is 2.36. The minimum atomic E-state index is -0.455. The number of aromatic nitrogens is 1. The predicted molar refractivity (Wildman–Crippen MR) is 69.5 cm³/mol. The molecule has 5 heteroatoms. The van der Waals surface area contributed by atoms with Gasteiger partial charge in [0.2, 0.25) is 0 Å². The fourth-order valence-corrected chi connectivity index (χ4v) is 1.67. The molecule has 1 heterocycles. The van der Waals surface area contributed by atoms with Crippen LogP contribution in [-0.4, -0.2) is 10.9 Å². The van der Waals surface area contributed by atoms with E-state index < -0.39 is 5.82 Å². The predicted octanol–water partition coefficient (Wildman–Crippen LogP) is 2.91. The second-order valence-electron chi connectivity index (χ2n) is 3.67. The van der Waals surface area contributed by atoms with Crippen LogP contribution in [0.1, 0.15) is 15.9 Å². The first-order valence-electron chi connectivity index (χ1n) is 5.29. The zero-order chi connectivity index (χ0) is 13.0. The largest absolute Gasteiger partial charge is 0.348 e. The topological polar surface area (TPSA) is 42.0 Å². The Morgan fingerprint density at radius 3 is 2.89 bits per heavy atom. The number of nitrogens with one attached hydrogen (secondary N) is 1. The normalized spacial score (nSPS) is 10.1. The van der Waals surface area contributed by atoms with Gasteiger partial charge in [-0.2, -0.15) is 0 Å². The van der Waals surface area contributed by atoms with Crippen molar-refractivity contribution >= 4 is 21.8 Å². The third kappa shape index (κ3) is 3.13. The van der Waals surface area contributed by atoms with Crippen LogP contribution in [-0.2, 0) is 6.54 Å². The molecule has 1 amide bonds. The number of rotatable bonds is 3. The van der Waals surface area contributed by atoms with Crippen molar-refractivity contribution in [1.29, 1.82) is 0 Å². The van der Waals surface area contributed by atoms with Gasteiger partial charge in [0.1, 0.15) is 5.82 Å². The molecule has 0 unspecified atom stereocenters. The lowest BCUT2D eigenvalue weighted by Crippen LogP contribution is -2.22. The Balaban J connectivity index is 2.02. The lowest BCUT2D eigenvalue weighted by molar-refractivity contribution is 0.0950. The molecule has 0 radical (unpaired) electrons. The van der Waals surface area contributed by atoms with Gasteiger partial charge in [0.15, 0.2) is 0 Å². The quantitative estimate of drug-likeness (QED) is 0.947. The van der Waals surface area contributed by atoms with Crippen molar-refractivity contribution in [3.05, 3.63) is 64.1 Å². The first-order chi connectivity index (χ1) is 8.66. The number of pyridine rings is 1. The number of halogens is 2. The van der Waals surface area contributed by atoms with Gasteiger partial charge in [-0.05, 0) is 45.8 Å². The molecular weight excluding hydrogens is 299 g/mol. The maximum Gasteiger partial charge on any atom is 0.251 e. The molecule has 1 aromatic carbocycles. The molecule has 3 nitrogen and oxygen atoms in total. The van der Waals surface area contributed by atoms with E-state index >= 15 is 0 Å². The van der Waals surface area contributed by atoms with Crippen LogP contribution in [0.2, 0.25) is 0 Å². The summed E-state index contributed by atoms with van der Waals surface area (Å²) >= 11 is 3.04. The Morgan fingerprint density at radius 2 is 2.22 bits per heavy atom. The Kier molecular flexibility index (Phi) is 4.04. The summed E-state index contributed by atoms with van der Waals surface area (Å²) in [6.07, 6.45) is 3.33. The summed E-state index contributed by atoms with van der Waals surface area (Å²) in [4.78, 5) is 15.7. The van der Waals surface area contributed by atoms with Crippen LogP contribution in [0.5, 0.6) is 0 Å². The molecule has 0 spiro atoms. The monoisotopic (exact) mass is 308 g/mol. The average Bonchev–Trinajstić information content (AvgIpc) is 2.40. The van der Waals surface area contributed by atoms with E-state index in [1.54, 1.807) is 24.5 Å². The smallest absolute Gasteiger partial charge is 0.251 e. The number of nitrogens with zero attached hydrogens (tertiary/aromatic N) is 1. The maximum atomic E-state index is 13.3. The summed E-state index contributed by atoms with van der Waals surface area (Å²) in [7, 11) is 0. The van der Waals surface area contributed by atoms with Crippen molar-refractivity contribution < 1.29 is 9.18 Å². The molecule has 92 valence electrons. The minimum Gasteiger partial charge on any atom is -0.348 e. The van der Waals surface area contributed by atoms with Gasteiger partial charge >= 0.3 is 0 Å². The fraction of sp³-hybridized carbons (Fsp3) is 0.0769. The molecule has 2 rings (SSSR count). The van der Waals surface area contributed by atoms with Crippen molar-refractivity contribution in [2.75, 3.05) is 0 Å². The van der Waals surface area contributed by atoms with Gasteiger partial charge in [0.25, 0.3) is 5.91 Å². The van der Waals surface area contributed by atoms with Crippen molar-refractivity contribution in [2.24, 2.45) is 0 Å². The van der Waals surface area contributed by atoms with Gasteiger partial charge < -0.3 is 5.32 Å². The lowest BCUT2D eigenvalue weighted by Gasteiger charge is -2.05. The third-order valence-corrected chi connectivity index (χ3v) is 3.00. The fourth-order valence-electron chi connectivity index (χ4n) is 1.42. The highest BCUT2D eigenvalue weighted by atomic mass is 79.9. The highest BCUT2D eigenvalue weighted by molar-refractivity contribution is 9.10. The summed E-state index contributed by atoms with van der Waals surface area (Å²) < 4.78 is 13.6. The van der Waals surface area contributed by atoms with Gasteiger partial charge in [-0.25, -0.2) is 4.39 Å². The molecular formula is C13H10BrFN2O. The van der Waals surface area contributed by atoms with Gasteiger partial charge in [0.05, 0.1) is 4.47 Å². The Labute approximate surface area is 112 Å². The zero-order valence-corrected chi connectivity index (χ0v) is 10.9. The van der Waals surface area contributed by atoms with Gasteiger partial charge in [0, 0.05) is 24.5 Å². The molecule has 18 heavy (non-hydrogen) atoms. The Hall–Kier alpha value is -1.75. The lowest BCUT2D eigenvalue weighted by atomic mass is 10.2. The number of benzene rings is 1. The van der Waals surface area contributed by atoms with E-state index in [2.05, 4.69) is 26.2 Å². The van der Waals surface area contributed by atoms with Crippen LogP contribution in [0.25, 0.3) is 0 Å². The molecule has 0 saturated carbocycles. The molecule has 2 aromatic rings. The molecule has 1 aromatic heterocycles. The van der Waals surface area contributed by atoms with Crippen molar-refractivity contribution in [3.8, 4) is 0 Å². The van der Waals surface area contributed by atoms with Gasteiger partial charge in [-0.1, -0.05) is 6.07 Å². The van der Waals surface area contributed by atoms with Crippen LogP contribution in [0, 0.1) is 5.82 Å². The van der Waals surface area contributed by atoms with Crippen LogP contribution in [0.4, 0.5) is 4.39 Å². The van der Waals surface area contributed by atoms with Crippen molar-refractivity contribution in [3.63, 3.8) is 0 Å². The molecule has 0 bridgehead atoms. The Bertz CT molecular complexity index is 560. The van der Waals surface area contributed by atoms with Gasteiger partial charge in [-0.3, -0.25) is 9.78 Å². The number of amides is 1. The Morgan fingerprint density at radius 1 is 1.39 bits per heavy atom. The maximum absolute atomic E-state index is 13.3. The van der Waals surface area contributed by atoms with Crippen LogP contribution in [0.15, 0.2) is 47.2 Å². The summed E-state index contributed by atoms with van der Waals surface area (Å²) in [6, 6.07) is 7.92. The zero-order valence-electron chi connectivity index (χ0n) is 9.36. The van der Waals surface area contributed by atoms with Crippen molar-refractivity contribution in [2.45, 2.75) is 6.54 Å². The highest BCUT2D eigenvalue weighted by Crippen LogP contribution is 2.16. The molecule has 0 aliphatic carbocycles. The van der Waals surface area contributed by atoms with Crippen LogP contribution in [0.3, 0.4) is 0 Å². The van der Waals surface area contributed by atoms with E-state index in [1.807, 2.05) is 6.07 Å². The highest BCUT2D eigenvalue weighted by Gasteiger charge is 2.08. The molecule has 0 aliphatic rings. The first-order valence-corrected chi connectivity index (χ1v) is 6.08. The summed E-state index contributed by atoms with van der Waals surface area (Å²) in [5.74, 6) is -0.769. The van der Waals surface area contributed by atoms with Crippen LogP contribution < -0.4 is 5.32 Å². The number of carbonyl (C=O) groups is 1. The molecule has 0 saturated heterocycles. The second-order valence-corrected chi connectivity index (χ2v) is 4.53. The summed E-state index contributed by atoms with van der Waals surface area (Å²) in [5, 5.41) is 2.70. The SMILES string of the molecule is O=C(NCc1cccnc1)c1ccc(Br)c(F)c1. The van der Waals surface area contributed by atoms with Crippen LogP contribution >= 0.6 is 15.9 Å². The van der Waals surface area contributed by atoms with Gasteiger partial charge in [-0.15, -0.1) is 0 Å². The molecule has 0 atom stereocenters. The standard InChI is InChI=1S/C13H10BrFN2O/c14-11-4-3-10(6-12(11)15)13(18)17-8-9-2-1-5-16-7-9/h1-7H,8H2,(H,17,18). The summed E-state index contributed by atoms with van der Waals surface area (Å²) in [6.45, 7) is 0.365. The number of hydrogen-bond donors (Lipinski definition) is 1. The number of carbonyl (C=O) groups excluding carboxylic acids is 1. The summed E-state index contributed by atoms with van der Waals surface area (Å²) in [5.41, 5.74) is 1.18. The first kappa shape index (κ1) is 12.7. The minimum absolute atomic E-state index is 0.291. The van der Waals surface area contributed by atoms with Crippen molar-refractivity contribution in [1.82, 2.24) is 10.3 Å². The second kappa shape index (κ2) is 5.73. The van der Waals surface area contributed by atoms with E-state index in [-0.39, 0.29) is 5.91 Å². The van der Waals surface area contributed by atoms with E-state index in [0.29, 0.717) is 16.6 Å². The van der Waals surface area contributed by atoms with E-state index in [9.17, 15) is 9.18 Å². The van der Waals surface area contributed by atoms with E-state index in [4.69, 9.17) is 0 Å². The molecule has 0 aliphatic heterocycles. The van der Waals surface area contributed by atoms with E-state index in [1.165, 1.54) is 12.1 Å². The average molecular weight is 309 g/mol. The molecule has 1 N–H and O–H groups in total. The number of hydrogen-bond acceptors (Lipinski definition) is 2.